The smallest absolute Gasteiger partial charge is 0.259 e. The van der Waals surface area contributed by atoms with Crippen molar-refractivity contribution in [2.45, 2.75) is 24.7 Å². The second kappa shape index (κ2) is 7.43. The van der Waals surface area contributed by atoms with Gasteiger partial charge in [0, 0.05) is 25.4 Å². The van der Waals surface area contributed by atoms with E-state index in [0.29, 0.717) is 13.1 Å². The standard InChI is InChI=1S/C16H16ClN3O4S2/c1-10(21)14-9-25-16(18-14)19-15(22)12-8-11(4-5-13(12)17)26(23,24)20-6-2-3-7-20/h4-5,8-9H,2-3,6-7H2,1H3,(H,18,19,22). The van der Waals surface area contributed by atoms with Gasteiger partial charge in [0.2, 0.25) is 10.0 Å². The van der Waals surface area contributed by atoms with Crippen LogP contribution in [-0.2, 0) is 10.0 Å². The van der Waals surface area contributed by atoms with Crippen molar-refractivity contribution in [3.63, 3.8) is 0 Å². The molecule has 2 heterocycles. The number of nitrogens with one attached hydrogen (secondary N) is 1. The minimum absolute atomic E-state index is 0.0255. The fourth-order valence-corrected chi connectivity index (χ4v) is 5.07. The van der Waals surface area contributed by atoms with Gasteiger partial charge in [-0.25, -0.2) is 13.4 Å². The maximum Gasteiger partial charge on any atom is 0.259 e. The van der Waals surface area contributed by atoms with Gasteiger partial charge in [-0.2, -0.15) is 4.31 Å². The molecular weight excluding hydrogens is 398 g/mol. The van der Waals surface area contributed by atoms with Crippen LogP contribution in [0.1, 0.15) is 40.6 Å². The predicted octanol–water partition coefficient (Wildman–Crippen LogP) is 3.04. The monoisotopic (exact) mass is 413 g/mol. The third-order valence-electron chi connectivity index (χ3n) is 3.97. The molecule has 26 heavy (non-hydrogen) atoms. The molecule has 10 heteroatoms. The second-order valence-corrected chi connectivity index (χ2v) is 9.00. The molecule has 0 spiro atoms. The molecule has 0 atom stereocenters. The third-order valence-corrected chi connectivity index (χ3v) is 6.95. The van der Waals surface area contributed by atoms with Crippen molar-refractivity contribution < 1.29 is 18.0 Å². The van der Waals surface area contributed by atoms with Gasteiger partial charge in [0.25, 0.3) is 5.91 Å². The highest BCUT2D eigenvalue weighted by molar-refractivity contribution is 7.89. The summed E-state index contributed by atoms with van der Waals surface area (Å²) >= 11 is 7.19. The van der Waals surface area contributed by atoms with Crippen LogP contribution < -0.4 is 5.32 Å². The van der Waals surface area contributed by atoms with Crippen molar-refractivity contribution in [2.75, 3.05) is 18.4 Å². The van der Waals surface area contributed by atoms with Gasteiger partial charge in [-0.05, 0) is 31.0 Å². The zero-order valence-electron chi connectivity index (χ0n) is 13.9. The molecule has 7 nitrogen and oxygen atoms in total. The number of ketones is 1. The van der Waals surface area contributed by atoms with E-state index in [4.69, 9.17) is 11.6 Å². The molecule has 1 amide bonds. The summed E-state index contributed by atoms with van der Waals surface area (Å²) in [5.74, 6) is -0.795. The van der Waals surface area contributed by atoms with E-state index in [1.54, 1.807) is 0 Å². The lowest BCUT2D eigenvalue weighted by atomic mass is 10.2. The average Bonchev–Trinajstić information content (AvgIpc) is 3.27. The van der Waals surface area contributed by atoms with Crippen LogP contribution in [0.5, 0.6) is 0 Å². The summed E-state index contributed by atoms with van der Waals surface area (Å²) in [6, 6.07) is 4.05. The van der Waals surface area contributed by atoms with E-state index < -0.39 is 15.9 Å². The first-order valence-corrected chi connectivity index (χ1v) is 10.6. The van der Waals surface area contributed by atoms with E-state index in [2.05, 4.69) is 10.3 Å². The van der Waals surface area contributed by atoms with Gasteiger partial charge < -0.3 is 0 Å². The van der Waals surface area contributed by atoms with Crippen molar-refractivity contribution in [3.05, 3.63) is 39.9 Å². The molecule has 0 unspecified atom stereocenters. The molecule has 0 saturated carbocycles. The number of nitrogens with zero attached hydrogens (tertiary/aromatic N) is 2. The van der Waals surface area contributed by atoms with Crippen molar-refractivity contribution in [1.29, 1.82) is 0 Å². The number of carbonyl (C=O) groups excluding carboxylic acids is 2. The fourth-order valence-electron chi connectivity index (χ4n) is 2.57. The summed E-state index contributed by atoms with van der Waals surface area (Å²) < 4.78 is 26.7. The first-order valence-electron chi connectivity index (χ1n) is 7.86. The number of sulfonamides is 1. The van der Waals surface area contributed by atoms with E-state index >= 15 is 0 Å². The Morgan fingerprint density at radius 1 is 1.27 bits per heavy atom. The van der Waals surface area contributed by atoms with Gasteiger partial charge in [0.15, 0.2) is 10.9 Å². The fraction of sp³-hybridized carbons (Fsp3) is 0.312. The summed E-state index contributed by atoms with van der Waals surface area (Å²) in [6.07, 6.45) is 1.64. The molecular formula is C16H16ClN3O4S2. The van der Waals surface area contributed by atoms with Gasteiger partial charge in [0.05, 0.1) is 15.5 Å². The predicted molar refractivity (Wildman–Crippen MR) is 99.5 cm³/mol. The zero-order valence-corrected chi connectivity index (χ0v) is 16.2. The first kappa shape index (κ1) is 19.0. The minimum atomic E-state index is -3.65. The molecule has 0 radical (unpaired) electrons. The van der Waals surface area contributed by atoms with Gasteiger partial charge in [0.1, 0.15) is 5.69 Å². The van der Waals surface area contributed by atoms with Crippen LogP contribution in [0, 0.1) is 0 Å². The summed E-state index contributed by atoms with van der Waals surface area (Å²) in [5, 5.41) is 4.45. The quantitative estimate of drug-likeness (QED) is 0.760. The Morgan fingerprint density at radius 2 is 1.96 bits per heavy atom. The number of Topliss-reactive ketones (excluding diaryl/α,β-unsaturated/α-hetero) is 1. The molecule has 1 aliphatic heterocycles. The maximum absolute atomic E-state index is 12.7. The van der Waals surface area contributed by atoms with Gasteiger partial charge in [-0.3, -0.25) is 14.9 Å². The Bertz CT molecular complexity index is 966. The third kappa shape index (κ3) is 3.80. The summed E-state index contributed by atoms with van der Waals surface area (Å²) in [5.41, 5.74) is 0.285. The molecule has 0 bridgehead atoms. The molecule has 3 rings (SSSR count). The van der Waals surface area contributed by atoms with Crippen LogP contribution in [0.25, 0.3) is 0 Å². The topological polar surface area (TPSA) is 96.4 Å². The molecule has 1 fully saturated rings. The van der Waals surface area contributed by atoms with Gasteiger partial charge >= 0.3 is 0 Å². The van der Waals surface area contributed by atoms with Crippen molar-refractivity contribution in [3.8, 4) is 0 Å². The average molecular weight is 414 g/mol. The molecule has 0 aliphatic carbocycles. The number of carbonyl (C=O) groups is 2. The molecule has 2 aromatic rings. The van der Waals surface area contributed by atoms with E-state index in [-0.39, 0.29) is 32.1 Å². The molecule has 138 valence electrons. The number of hydrogen-bond donors (Lipinski definition) is 1. The largest absolute Gasteiger partial charge is 0.298 e. The highest BCUT2D eigenvalue weighted by atomic mass is 35.5. The summed E-state index contributed by atoms with van der Waals surface area (Å²) in [6.45, 7) is 2.32. The Balaban J connectivity index is 1.87. The van der Waals surface area contributed by atoms with Crippen molar-refractivity contribution in [1.82, 2.24) is 9.29 Å². The maximum atomic E-state index is 12.7. The molecule has 1 N–H and O–H groups in total. The molecule has 1 aliphatic rings. The number of rotatable bonds is 5. The minimum Gasteiger partial charge on any atom is -0.298 e. The number of halogens is 1. The lowest BCUT2D eigenvalue weighted by Gasteiger charge is -2.16. The number of amides is 1. The number of thiazole rings is 1. The van der Waals surface area contributed by atoms with Crippen LogP contribution in [-0.4, -0.2) is 42.5 Å². The SMILES string of the molecule is CC(=O)c1csc(NC(=O)c2cc(S(=O)(=O)N3CCCC3)ccc2Cl)n1. The number of benzene rings is 1. The highest BCUT2D eigenvalue weighted by Gasteiger charge is 2.28. The van der Waals surface area contributed by atoms with Crippen LogP contribution in [0.2, 0.25) is 5.02 Å². The lowest BCUT2D eigenvalue weighted by molar-refractivity contribution is 0.100. The van der Waals surface area contributed by atoms with Crippen LogP contribution >= 0.6 is 22.9 Å². The second-order valence-electron chi connectivity index (χ2n) is 5.80. The number of aromatic nitrogens is 1. The van der Waals surface area contributed by atoms with Crippen molar-refractivity contribution >= 4 is 49.8 Å². The van der Waals surface area contributed by atoms with Crippen LogP contribution in [0.3, 0.4) is 0 Å². The highest BCUT2D eigenvalue weighted by Crippen LogP contribution is 2.26. The van der Waals surface area contributed by atoms with E-state index in [9.17, 15) is 18.0 Å². The Hall–Kier alpha value is -1.81. The summed E-state index contributed by atoms with van der Waals surface area (Å²) in [4.78, 5) is 27.8. The molecule has 1 saturated heterocycles. The Labute approximate surface area is 160 Å². The van der Waals surface area contributed by atoms with Crippen LogP contribution in [0.4, 0.5) is 5.13 Å². The number of hydrogen-bond acceptors (Lipinski definition) is 6. The Kier molecular flexibility index (Phi) is 5.42. The normalized spacial score (nSPS) is 15.2. The molecule has 1 aromatic carbocycles. The summed E-state index contributed by atoms with van der Waals surface area (Å²) in [7, 11) is -3.65. The van der Waals surface area contributed by atoms with E-state index in [1.807, 2.05) is 0 Å². The zero-order chi connectivity index (χ0) is 18.9. The lowest BCUT2D eigenvalue weighted by Crippen LogP contribution is -2.28. The van der Waals surface area contributed by atoms with E-state index in [1.165, 1.54) is 34.8 Å². The van der Waals surface area contributed by atoms with Crippen molar-refractivity contribution in [2.24, 2.45) is 0 Å². The first-order chi connectivity index (χ1) is 12.3. The van der Waals surface area contributed by atoms with Gasteiger partial charge in [-0.15, -0.1) is 11.3 Å². The number of anilines is 1. The van der Waals surface area contributed by atoms with E-state index in [0.717, 1.165) is 24.2 Å². The molecule has 1 aromatic heterocycles. The van der Waals surface area contributed by atoms with Gasteiger partial charge in [-0.1, -0.05) is 11.6 Å². The van der Waals surface area contributed by atoms with Crippen LogP contribution in [0.15, 0.2) is 28.5 Å². The Morgan fingerprint density at radius 3 is 2.58 bits per heavy atom.